The molecule has 5 heterocycles. The number of nitrogens with zero attached hydrogens (tertiary/aromatic N) is 5. The van der Waals surface area contributed by atoms with Gasteiger partial charge in [0.1, 0.15) is 28.8 Å². The molecule has 268 valence electrons. The predicted molar refractivity (Wildman–Crippen MR) is 162 cm³/mol. The zero-order chi connectivity index (χ0) is 37.6. The summed E-state index contributed by atoms with van der Waals surface area (Å²) in [5, 5.41) is -1.25. The molecule has 0 fully saturated rings. The van der Waals surface area contributed by atoms with Crippen molar-refractivity contribution in [2.24, 2.45) is 30.7 Å². The third kappa shape index (κ3) is 4.46. The van der Waals surface area contributed by atoms with Crippen LogP contribution in [0.4, 0.5) is 70.1 Å². The monoisotopic (exact) mass is 811 g/mol. The number of aliphatic imine (C=N–C) groups is 4. The van der Waals surface area contributed by atoms with E-state index in [0.29, 0.717) is 0 Å². The summed E-state index contributed by atoms with van der Waals surface area (Å²) in [6, 6.07) is 5.66. The molecule has 9 rings (SSSR count). The number of amidine groups is 4. The first-order valence-corrected chi connectivity index (χ1v) is 14.6. The minimum Gasteiger partial charge on any atom is -0.325 e. The Morgan fingerprint density at radius 1 is 0.556 bits per heavy atom. The van der Waals surface area contributed by atoms with Crippen LogP contribution in [0, 0.1) is 46.5 Å². The molecule has 1 unspecified atom stereocenters. The van der Waals surface area contributed by atoms with E-state index in [2.05, 4.69) is 40.2 Å². The van der Waals surface area contributed by atoms with Gasteiger partial charge in [-0.1, -0.05) is 24.3 Å². The fraction of sp³-hybridized carbons (Fsp3) is 0.0312. The van der Waals surface area contributed by atoms with E-state index in [9.17, 15) is 26.3 Å². The molecule has 0 amide bonds. The standard InChI is InChI=1S/C32H9F12N9.Zn/c33-13-7-8(14(34)19(39)18(13)38)27-49-26(7)47-24-5-3-1-2-4-6(5)25(46-24)48-30-11-12(32(44,45)23(43)22(42)17(11)37)31(53-30)52-29-10-9(28(50-27)51-29)15(35)20(40)21(41)16(10)36;/h1-4,49H,45H2,(H,50,51,52)(H,46,47,48,53);. The maximum atomic E-state index is 16.0. The van der Waals surface area contributed by atoms with Gasteiger partial charge in [-0.15, -0.1) is 0 Å². The normalized spacial score (nSPS) is 18.3. The van der Waals surface area contributed by atoms with E-state index in [-0.39, 0.29) is 30.6 Å². The van der Waals surface area contributed by atoms with E-state index >= 15 is 26.3 Å². The van der Waals surface area contributed by atoms with Crippen LogP contribution in [0.5, 0.6) is 0 Å². The van der Waals surface area contributed by atoms with Gasteiger partial charge in [0, 0.05) is 30.6 Å². The molecule has 22 heteroatoms. The van der Waals surface area contributed by atoms with E-state index in [1.54, 1.807) is 0 Å². The van der Waals surface area contributed by atoms with E-state index in [4.69, 9.17) is 5.73 Å². The van der Waals surface area contributed by atoms with Gasteiger partial charge in [-0.25, -0.2) is 77.6 Å². The number of nitrogens with two attached hydrogens (primary N) is 1. The Kier molecular flexibility index (Phi) is 7.52. The summed E-state index contributed by atoms with van der Waals surface area (Å²) in [7, 11) is 0. The van der Waals surface area contributed by atoms with Gasteiger partial charge in [0.15, 0.2) is 81.5 Å². The summed E-state index contributed by atoms with van der Waals surface area (Å²) in [5.41, 5.74) is 0.933. The number of allylic oxidation sites excluding steroid dienone is 1. The molecule has 4 aliphatic rings. The van der Waals surface area contributed by atoms with Crippen LogP contribution in [-0.2, 0) is 25.3 Å². The predicted octanol–water partition coefficient (Wildman–Crippen LogP) is 6.35. The minimum atomic E-state index is -4.01. The van der Waals surface area contributed by atoms with Gasteiger partial charge in [0.2, 0.25) is 5.79 Å². The van der Waals surface area contributed by atoms with Crippen molar-refractivity contribution in [1.29, 1.82) is 0 Å². The molecule has 54 heavy (non-hydrogen) atoms. The van der Waals surface area contributed by atoms with Crippen molar-refractivity contribution in [2.75, 3.05) is 5.32 Å². The number of H-pyrrole nitrogens is 2. The molecule has 1 aliphatic carbocycles. The molecule has 1 atom stereocenters. The number of nitrogens with one attached hydrogen (secondary N) is 3. The van der Waals surface area contributed by atoms with E-state index < -0.39 is 149 Å². The second kappa shape index (κ2) is 11.6. The van der Waals surface area contributed by atoms with Crippen LogP contribution in [0.2, 0.25) is 0 Å². The number of halogens is 12. The zero-order valence-corrected chi connectivity index (χ0v) is 28.8. The molecule has 5 N–H and O–H groups in total. The molecule has 0 saturated heterocycles. The van der Waals surface area contributed by atoms with Gasteiger partial charge >= 0.3 is 0 Å². The Morgan fingerprint density at radius 2 is 1.07 bits per heavy atom. The Morgan fingerprint density at radius 3 is 1.67 bits per heavy atom. The van der Waals surface area contributed by atoms with Gasteiger partial charge in [-0.2, -0.15) is 0 Å². The van der Waals surface area contributed by atoms with Crippen LogP contribution >= 0.6 is 0 Å². The van der Waals surface area contributed by atoms with Crippen molar-refractivity contribution >= 4 is 57.4 Å². The minimum absolute atomic E-state index is 0. The number of aromatic amines is 2. The van der Waals surface area contributed by atoms with Crippen LogP contribution < -0.4 is 21.8 Å². The van der Waals surface area contributed by atoms with Crippen LogP contribution in [0.3, 0.4) is 0 Å². The molecule has 9 nitrogen and oxygen atoms in total. The Balaban J connectivity index is 0.00000413. The number of rotatable bonds is 0. The van der Waals surface area contributed by atoms with Crippen molar-refractivity contribution in [2.45, 2.75) is 5.79 Å². The molecule has 0 saturated carbocycles. The van der Waals surface area contributed by atoms with Crippen molar-refractivity contribution < 1.29 is 72.2 Å². The fourth-order valence-corrected chi connectivity index (χ4v) is 6.35. The van der Waals surface area contributed by atoms with Crippen LogP contribution in [-0.4, -0.2) is 33.3 Å². The van der Waals surface area contributed by atoms with Gasteiger partial charge < -0.3 is 15.3 Å². The summed E-state index contributed by atoms with van der Waals surface area (Å²) in [6.45, 7) is 0. The van der Waals surface area contributed by atoms with Crippen LogP contribution in [0.1, 0.15) is 27.8 Å². The number of fused-ring (bicyclic) bond motifs is 18. The zero-order valence-electron chi connectivity index (χ0n) is 25.9. The third-order valence-electron chi connectivity index (χ3n) is 8.71. The molecule has 3 aliphatic heterocycles. The second-order valence-corrected chi connectivity index (χ2v) is 11.6. The number of alkyl halides is 1. The molecular weight excluding hydrogens is 804 g/mol. The van der Waals surface area contributed by atoms with E-state index in [0.717, 1.165) is 0 Å². The van der Waals surface area contributed by atoms with E-state index in [1.807, 2.05) is 0 Å². The Bertz CT molecular complexity index is 2920. The largest absolute Gasteiger partial charge is 0.325 e. The van der Waals surface area contributed by atoms with Gasteiger partial charge in [-0.3, -0.25) is 5.73 Å². The summed E-state index contributed by atoms with van der Waals surface area (Å²) in [4.78, 5) is 24.6. The first-order valence-electron chi connectivity index (χ1n) is 14.6. The molecule has 8 bridgehead atoms. The van der Waals surface area contributed by atoms with Gasteiger partial charge in [-0.05, 0) is 0 Å². The van der Waals surface area contributed by atoms with E-state index in [1.165, 1.54) is 24.3 Å². The number of benzene rings is 3. The average Bonchev–Trinajstić information content (AvgIpc) is 3.88. The molecule has 2 aromatic heterocycles. The van der Waals surface area contributed by atoms with Gasteiger partial charge in [0.25, 0.3) is 0 Å². The molecule has 3 aromatic carbocycles. The third-order valence-corrected chi connectivity index (χ3v) is 8.71. The number of hydrogen-bond donors (Lipinski definition) is 4. The average molecular weight is 813 g/mol. The Labute approximate surface area is 301 Å². The summed E-state index contributed by atoms with van der Waals surface area (Å²) in [5.74, 6) is -34.6. The summed E-state index contributed by atoms with van der Waals surface area (Å²) in [6.07, 6.45) is 0. The maximum absolute atomic E-state index is 16.0. The summed E-state index contributed by atoms with van der Waals surface area (Å²) < 4.78 is 181. The molecular formula is C32H9F12N9Zn. The quantitative estimate of drug-likeness (QED) is 0.0478. The van der Waals surface area contributed by atoms with Crippen molar-refractivity contribution in [3.8, 4) is 0 Å². The molecule has 0 radical (unpaired) electrons. The number of anilines is 1. The van der Waals surface area contributed by atoms with Crippen molar-refractivity contribution in [1.82, 2.24) is 9.97 Å². The molecule has 0 spiro atoms. The first-order chi connectivity index (χ1) is 25.1. The second-order valence-electron chi connectivity index (χ2n) is 11.6. The van der Waals surface area contributed by atoms with Crippen LogP contribution in [0.25, 0.3) is 16.6 Å². The van der Waals surface area contributed by atoms with Crippen LogP contribution in [0.15, 0.2) is 60.9 Å². The Hall–Kier alpha value is -5.89. The number of hydrogen-bond acceptors (Lipinski definition) is 7. The smallest absolute Gasteiger partial charge is 0.244 e. The number of aromatic nitrogens is 2. The first kappa shape index (κ1) is 35.2. The summed E-state index contributed by atoms with van der Waals surface area (Å²) >= 11 is 0. The molecule has 5 aromatic rings. The maximum Gasteiger partial charge on any atom is 0.244 e. The topological polar surface area (TPSA) is 131 Å². The van der Waals surface area contributed by atoms with Crippen molar-refractivity contribution in [3.05, 3.63) is 121 Å². The van der Waals surface area contributed by atoms with Crippen molar-refractivity contribution in [3.63, 3.8) is 0 Å². The SMILES string of the molecule is NC1(F)C(F)=C(F)C(F)=c2c1c1[nH]c2=NC2=NC(=Nc3[nH]c(c4c(F)c(F)c(F)c(F)c34)N=C3N=C(N1)c1c(F)c(F)c(F)c(F)c13)c1ccccc12.[Zn]. The fourth-order valence-electron chi connectivity index (χ4n) is 6.35. The van der Waals surface area contributed by atoms with Gasteiger partial charge in [0.05, 0.1) is 32.7 Å².